The molecule has 0 radical (unpaired) electrons. The van der Waals surface area contributed by atoms with Crippen molar-refractivity contribution in [2.24, 2.45) is 0 Å². The van der Waals surface area contributed by atoms with Crippen molar-refractivity contribution in [3.05, 3.63) is 95.6 Å². The molecule has 2 aromatic rings. The van der Waals surface area contributed by atoms with Crippen molar-refractivity contribution in [2.45, 2.75) is 12.3 Å². The smallest absolute Gasteiger partial charge is 0.0336 e. The SMILES string of the molecule is C1=CC(C(c2ccccc2)c2ccccc2)=CC1. The maximum atomic E-state index is 2.32. The molecular formula is C18H16. The molecule has 0 aromatic heterocycles. The van der Waals surface area contributed by atoms with Crippen LogP contribution in [0.1, 0.15) is 23.5 Å². The number of benzene rings is 2. The molecule has 0 nitrogen and oxygen atoms in total. The second kappa shape index (κ2) is 5.05. The summed E-state index contributed by atoms with van der Waals surface area (Å²) in [6, 6.07) is 21.5. The Morgan fingerprint density at radius 1 is 0.722 bits per heavy atom. The first-order valence-corrected chi connectivity index (χ1v) is 6.41. The zero-order valence-electron chi connectivity index (χ0n) is 10.3. The fourth-order valence-electron chi connectivity index (χ4n) is 2.56. The summed E-state index contributed by atoms with van der Waals surface area (Å²) < 4.78 is 0. The summed E-state index contributed by atoms with van der Waals surface area (Å²) in [4.78, 5) is 0. The molecular weight excluding hydrogens is 216 g/mol. The lowest BCUT2D eigenvalue weighted by Gasteiger charge is -2.18. The van der Waals surface area contributed by atoms with Gasteiger partial charge in [-0.05, 0) is 23.1 Å². The van der Waals surface area contributed by atoms with Gasteiger partial charge in [-0.2, -0.15) is 0 Å². The minimum absolute atomic E-state index is 0.367. The molecule has 0 atom stereocenters. The lowest BCUT2D eigenvalue weighted by Crippen LogP contribution is -2.02. The third-order valence-corrected chi connectivity index (χ3v) is 3.40. The van der Waals surface area contributed by atoms with E-state index < -0.39 is 0 Å². The fourth-order valence-corrected chi connectivity index (χ4v) is 2.56. The molecule has 88 valence electrons. The van der Waals surface area contributed by atoms with E-state index in [0.717, 1.165) is 6.42 Å². The molecule has 3 rings (SSSR count). The molecule has 0 unspecified atom stereocenters. The average Bonchev–Trinajstić information content (AvgIpc) is 2.95. The van der Waals surface area contributed by atoms with Crippen LogP contribution in [0.2, 0.25) is 0 Å². The van der Waals surface area contributed by atoms with Crippen LogP contribution in [0.15, 0.2) is 84.5 Å². The largest absolute Gasteiger partial charge is 0.0804 e. The van der Waals surface area contributed by atoms with E-state index in [1.165, 1.54) is 16.7 Å². The highest BCUT2D eigenvalue weighted by Gasteiger charge is 2.17. The number of hydrogen-bond donors (Lipinski definition) is 0. The Morgan fingerprint density at radius 2 is 1.28 bits per heavy atom. The van der Waals surface area contributed by atoms with Gasteiger partial charge in [-0.1, -0.05) is 78.9 Å². The molecule has 0 N–H and O–H groups in total. The predicted octanol–water partition coefficient (Wildman–Crippen LogP) is 4.70. The van der Waals surface area contributed by atoms with Gasteiger partial charge in [0.1, 0.15) is 0 Å². The Hall–Kier alpha value is -2.08. The molecule has 0 spiro atoms. The van der Waals surface area contributed by atoms with Gasteiger partial charge in [0.15, 0.2) is 0 Å². The second-order valence-corrected chi connectivity index (χ2v) is 4.60. The van der Waals surface area contributed by atoms with E-state index in [2.05, 4.69) is 78.9 Å². The van der Waals surface area contributed by atoms with Gasteiger partial charge in [0.25, 0.3) is 0 Å². The fraction of sp³-hybridized carbons (Fsp3) is 0.111. The van der Waals surface area contributed by atoms with Gasteiger partial charge in [-0.25, -0.2) is 0 Å². The Labute approximate surface area is 108 Å². The molecule has 0 bridgehead atoms. The Kier molecular flexibility index (Phi) is 3.10. The second-order valence-electron chi connectivity index (χ2n) is 4.60. The van der Waals surface area contributed by atoms with Crippen molar-refractivity contribution in [2.75, 3.05) is 0 Å². The summed E-state index contributed by atoms with van der Waals surface area (Å²) in [5.41, 5.74) is 4.13. The van der Waals surface area contributed by atoms with Crippen molar-refractivity contribution in [1.29, 1.82) is 0 Å². The molecule has 0 heteroatoms. The summed E-state index contributed by atoms with van der Waals surface area (Å²) in [5, 5.41) is 0. The van der Waals surface area contributed by atoms with Crippen LogP contribution in [0.3, 0.4) is 0 Å². The maximum absolute atomic E-state index is 2.32. The van der Waals surface area contributed by atoms with Crippen LogP contribution >= 0.6 is 0 Å². The molecule has 0 fully saturated rings. The van der Waals surface area contributed by atoms with E-state index in [4.69, 9.17) is 0 Å². The Morgan fingerprint density at radius 3 is 1.72 bits per heavy atom. The molecule has 0 aliphatic heterocycles. The number of allylic oxidation sites excluding steroid dienone is 4. The van der Waals surface area contributed by atoms with Gasteiger partial charge in [-0.3, -0.25) is 0 Å². The van der Waals surface area contributed by atoms with Crippen LogP contribution in [0, 0.1) is 0 Å². The summed E-state index contributed by atoms with van der Waals surface area (Å²) in [5.74, 6) is 0.367. The van der Waals surface area contributed by atoms with E-state index in [0.29, 0.717) is 5.92 Å². The zero-order valence-corrected chi connectivity index (χ0v) is 10.3. The van der Waals surface area contributed by atoms with E-state index in [1.807, 2.05) is 0 Å². The minimum Gasteiger partial charge on any atom is -0.0804 e. The van der Waals surface area contributed by atoms with Crippen molar-refractivity contribution in [1.82, 2.24) is 0 Å². The minimum atomic E-state index is 0.367. The molecule has 1 aliphatic rings. The average molecular weight is 232 g/mol. The standard InChI is InChI=1S/C18H16/c1-3-9-15(10-4-1)18(17-13-7-8-14-17)16-11-5-2-6-12-16/h1-7,9-14,18H,8H2. The monoisotopic (exact) mass is 232 g/mol. The van der Waals surface area contributed by atoms with Crippen molar-refractivity contribution < 1.29 is 0 Å². The maximum Gasteiger partial charge on any atom is 0.0336 e. The normalized spacial score (nSPS) is 13.9. The first-order valence-electron chi connectivity index (χ1n) is 6.41. The first kappa shape index (κ1) is 11.0. The lowest BCUT2D eigenvalue weighted by molar-refractivity contribution is 0.978. The quantitative estimate of drug-likeness (QED) is 0.719. The van der Waals surface area contributed by atoms with Gasteiger partial charge in [0.05, 0.1) is 0 Å². The van der Waals surface area contributed by atoms with Crippen LogP contribution in [0.25, 0.3) is 0 Å². The van der Waals surface area contributed by atoms with Gasteiger partial charge in [0, 0.05) is 5.92 Å². The summed E-state index contributed by atoms with van der Waals surface area (Å²) in [7, 11) is 0. The molecule has 0 saturated carbocycles. The molecule has 2 aromatic carbocycles. The van der Waals surface area contributed by atoms with Gasteiger partial charge >= 0.3 is 0 Å². The van der Waals surface area contributed by atoms with Gasteiger partial charge in [0.2, 0.25) is 0 Å². The van der Waals surface area contributed by atoms with Crippen LogP contribution in [0.4, 0.5) is 0 Å². The molecule has 1 aliphatic carbocycles. The van der Waals surface area contributed by atoms with E-state index in [9.17, 15) is 0 Å². The van der Waals surface area contributed by atoms with Gasteiger partial charge in [-0.15, -0.1) is 0 Å². The van der Waals surface area contributed by atoms with Crippen LogP contribution in [-0.4, -0.2) is 0 Å². The lowest BCUT2D eigenvalue weighted by atomic mass is 9.85. The highest BCUT2D eigenvalue weighted by molar-refractivity contribution is 5.46. The van der Waals surface area contributed by atoms with E-state index in [1.54, 1.807) is 0 Å². The summed E-state index contributed by atoms with van der Waals surface area (Å²) in [6.07, 6.45) is 7.87. The summed E-state index contributed by atoms with van der Waals surface area (Å²) >= 11 is 0. The highest BCUT2D eigenvalue weighted by atomic mass is 14.2. The van der Waals surface area contributed by atoms with Crippen molar-refractivity contribution in [3.8, 4) is 0 Å². The number of hydrogen-bond acceptors (Lipinski definition) is 0. The molecule has 0 saturated heterocycles. The van der Waals surface area contributed by atoms with Gasteiger partial charge < -0.3 is 0 Å². The van der Waals surface area contributed by atoms with E-state index >= 15 is 0 Å². The van der Waals surface area contributed by atoms with Crippen LogP contribution < -0.4 is 0 Å². The number of rotatable bonds is 3. The third-order valence-electron chi connectivity index (χ3n) is 3.40. The highest BCUT2D eigenvalue weighted by Crippen LogP contribution is 2.34. The molecule has 18 heavy (non-hydrogen) atoms. The Balaban J connectivity index is 2.07. The van der Waals surface area contributed by atoms with Crippen LogP contribution in [-0.2, 0) is 0 Å². The molecule has 0 amide bonds. The van der Waals surface area contributed by atoms with E-state index in [-0.39, 0.29) is 0 Å². The Bertz CT molecular complexity index is 522. The van der Waals surface area contributed by atoms with Crippen molar-refractivity contribution >= 4 is 0 Å². The predicted molar refractivity (Wildman–Crippen MR) is 76.6 cm³/mol. The summed E-state index contributed by atoms with van der Waals surface area (Å²) in [6.45, 7) is 0. The van der Waals surface area contributed by atoms with Crippen LogP contribution in [0.5, 0.6) is 0 Å². The topological polar surface area (TPSA) is 0 Å². The molecule has 0 heterocycles. The first-order chi connectivity index (χ1) is 8.95. The third kappa shape index (κ3) is 2.14. The van der Waals surface area contributed by atoms with Crippen molar-refractivity contribution in [3.63, 3.8) is 0 Å². The zero-order chi connectivity index (χ0) is 12.2.